The van der Waals surface area contributed by atoms with Crippen LogP contribution in [0.4, 0.5) is 0 Å². The number of likely N-dealkylation sites (tertiary alicyclic amines) is 1. The lowest BCUT2D eigenvalue weighted by molar-refractivity contribution is -0.134. The molecule has 1 aromatic heterocycles. The number of amides is 1. The maximum absolute atomic E-state index is 13.0. The van der Waals surface area contributed by atoms with Crippen LogP contribution in [-0.4, -0.2) is 43.9 Å². The topological polar surface area (TPSA) is 51.0 Å². The van der Waals surface area contributed by atoms with Gasteiger partial charge in [0.1, 0.15) is 5.82 Å². The van der Waals surface area contributed by atoms with Crippen LogP contribution in [0.2, 0.25) is 0 Å². The van der Waals surface area contributed by atoms with Gasteiger partial charge in [-0.05, 0) is 69.6 Å². The first-order chi connectivity index (χ1) is 13.5. The Morgan fingerprint density at radius 2 is 1.89 bits per heavy atom. The van der Waals surface area contributed by atoms with Gasteiger partial charge in [-0.2, -0.15) is 0 Å². The van der Waals surface area contributed by atoms with E-state index in [4.69, 9.17) is 0 Å². The van der Waals surface area contributed by atoms with Gasteiger partial charge in [0.25, 0.3) is 0 Å². The summed E-state index contributed by atoms with van der Waals surface area (Å²) in [4.78, 5) is 15.2. The number of piperidine rings is 1. The first kappa shape index (κ1) is 19.5. The van der Waals surface area contributed by atoms with E-state index in [1.54, 1.807) is 0 Å². The first-order valence-electron chi connectivity index (χ1n) is 10.5. The fourth-order valence-electron chi connectivity index (χ4n) is 4.82. The molecule has 1 aliphatic heterocycles. The third kappa shape index (κ3) is 3.84. The van der Waals surface area contributed by atoms with Gasteiger partial charge >= 0.3 is 0 Å². The average molecular weight is 399 g/mol. The van der Waals surface area contributed by atoms with E-state index in [2.05, 4.69) is 51.7 Å². The van der Waals surface area contributed by atoms with Crippen molar-refractivity contribution in [1.82, 2.24) is 19.7 Å². The van der Waals surface area contributed by atoms with E-state index in [1.165, 1.54) is 55.0 Å². The number of aryl methyl sites for hydroxylation is 3. The molecule has 2 aliphatic rings. The quantitative estimate of drug-likeness (QED) is 0.713. The summed E-state index contributed by atoms with van der Waals surface area (Å²) < 4.78 is 2.08. The van der Waals surface area contributed by atoms with Gasteiger partial charge in [0.05, 0.1) is 11.4 Å². The number of hydrogen-bond acceptors (Lipinski definition) is 4. The van der Waals surface area contributed by atoms with Crippen molar-refractivity contribution in [2.45, 2.75) is 70.5 Å². The van der Waals surface area contributed by atoms with Crippen molar-refractivity contribution in [3.05, 3.63) is 35.2 Å². The molecule has 1 aliphatic carbocycles. The minimum atomic E-state index is 0.259. The second-order valence-electron chi connectivity index (χ2n) is 8.29. The van der Waals surface area contributed by atoms with Gasteiger partial charge in [-0.25, -0.2) is 0 Å². The highest BCUT2D eigenvalue weighted by molar-refractivity contribution is 7.99. The predicted octanol–water partition coefficient (Wildman–Crippen LogP) is 4.47. The molecule has 150 valence electrons. The van der Waals surface area contributed by atoms with E-state index in [0.717, 1.165) is 35.6 Å². The molecular formula is C22H30N4OS. The second-order valence-corrected chi connectivity index (χ2v) is 9.23. The van der Waals surface area contributed by atoms with E-state index in [0.29, 0.717) is 11.8 Å². The lowest BCUT2D eigenvalue weighted by Crippen LogP contribution is -2.50. The summed E-state index contributed by atoms with van der Waals surface area (Å²) in [6.07, 6.45) is 7.51. The Bertz CT molecular complexity index is 860. The summed E-state index contributed by atoms with van der Waals surface area (Å²) >= 11 is 1.52. The molecule has 2 unspecified atom stereocenters. The Morgan fingerprint density at radius 1 is 1.11 bits per heavy atom. The van der Waals surface area contributed by atoms with Crippen molar-refractivity contribution in [2.24, 2.45) is 5.92 Å². The van der Waals surface area contributed by atoms with Crippen molar-refractivity contribution in [3.8, 4) is 5.69 Å². The molecule has 0 radical (unpaired) electrons. The lowest BCUT2D eigenvalue weighted by Gasteiger charge is -2.44. The molecule has 4 rings (SSSR count). The van der Waals surface area contributed by atoms with E-state index in [-0.39, 0.29) is 5.91 Å². The molecule has 1 saturated carbocycles. The lowest BCUT2D eigenvalue weighted by atomic mass is 9.78. The number of nitrogens with zero attached hydrogens (tertiary/aromatic N) is 4. The first-order valence-corrected chi connectivity index (χ1v) is 11.4. The Morgan fingerprint density at radius 3 is 2.75 bits per heavy atom. The highest BCUT2D eigenvalue weighted by Crippen LogP contribution is 2.36. The van der Waals surface area contributed by atoms with Gasteiger partial charge in [0, 0.05) is 12.6 Å². The monoisotopic (exact) mass is 398 g/mol. The predicted molar refractivity (Wildman–Crippen MR) is 113 cm³/mol. The minimum absolute atomic E-state index is 0.259. The van der Waals surface area contributed by atoms with Gasteiger partial charge in [0.2, 0.25) is 5.91 Å². The fraction of sp³-hybridized carbons (Fsp3) is 0.591. The molecular weight excluding hydrogens is 368 g/mol. The Labute approximate surface area is 171 Å². The van der Waals surface area contributed by atoms with Crippen molar-refractivity contribution >= 4 is 17.7 Å². The Balaban J connectivity index is 1.50. The molecule has 5 nitrogen and oxygen atoms in total. The van der Waals surface area contributed by atoms with Crippen LogP contribution >= 0.6 is 11.8 Å². The summed E-state index contributed by atoms with van der Waals surface area (Å²) in [6.45, 7) is 7.09. The smallest absolute Gasteiger partial charge is 0.233 e. The van der Waals surface area contributed by atoms with Crippen LogP contribution in [0.15, 0.2) is 23.4 Å². The van der Waals surface area contributed by atoms with E-state index in [9.17, 15) is 4.79 Å². The van der Waals surface area contributed by atoms with Crippen molar-refractivity contribution < 1.29 is 4.79 Å². The van der Waals surface area contributed by atoms with Gasteiger partial charge < -0.3 is 4.90 Å². The molecule has 0 spiro atoms. The number of carbonyl (C=O) groups excluding carboxylic acids is 1. The maximum Gasteiger partial charge on any atom is 0.233 e. The highest BCUT2D eigenvalue weighted by atomic mass is 32.2. The van der Waals surface area contributed by atoms with Crippen LogP contribution in [0.1, 0.15) is 55.5 Å². The van der Waals surface area contributed by atoms with E-state index < -0.39 is 0 Å². The van der Waals surface area contributed by atoms with Crippen LogP contribution in [0.5, 0.6) is 0 Å². The second kappa shape index (κ2) is 8.27. The standard InChI is InChI=1S/C22H30N4OS/c1-15-10-11-16(2)20(13-15)26-17(3)23-24-22(26)28-14-21(27)25-12-6-8-18-7-4-5-9-19(18)25/h10-11,13,18-19H,4-9,12,14H2,1-3H3. The molecule has 6 heteroatoms. The summed E-state index contributed by atoms with van der Waals surface area (Å²) in [5.41, 5.74) is 3.49. The zero-order valence-corrected chi connectivity index (χ0v) is 18.0. The molecule has 1 aromatic carbocycles. The zero-order chi connectivity index (χ0) is 19.7. The van der Waals surface area contributed by atoms with E-state index >= 15 is 0 Å². The largest absolute Gasteiger partial charge is 0.339 e. The van der Waals surface area contributed by atoms with Crippen LogP contribution < -0.4 is 0 Å². The van der Waals surface area contributed by atoms with Gasteiger partial charge in [-0.15, -0.1) is 10.2 Å². The molecule has 0 bridgehead atoms. The molecule has 2 aromatic rings. The number of benzene rings is 1. The highest BCUT2D eigenvalue weighted by Gasteiger charge is 2.35. The molecule has 0 N–H and O–H groups in total. The normalized spacial score (nSPS) is 22.2. The molecule has 2 heterocycles. The van der Waals surface area contributed by atoms with Crippen molar-refractivity contribution in [3.63, 3.8) is 0 Å². The van der Waals surface area contributed by atoms with Crippen LogP contribution in [0.3, 0.4) is 0 Å². The summed E-state index contributed by atoms with van der Waals surface area (Å²) in [6, 6.07) is 6.87. The van der Waals surface area contributed by atoms with Gasteiger partial charge in [-0.3, -0.25) is 9.36 Å². The molecule has 28 heavy (non-hydrogen) atoms. The SMILES string of the molecule is Cc1ccc(C)c(-n2c(C)nnc2SCC(=O)N2CCCC3CCCCC32)c1. The van der Waals surface area contributed by atoms with Gasteiger partial charge in [0.15, 0.2) is 5.16 Å². The number of hydrogen-bond donors (Lipinski definition) is 0. The van der Waals surface area contributed by atoms with Crippen LogP contribution in [0, 0.1) is 26.7 Å². The van der Waals surface area contributed by atoms with Crippen molar-refractivity contribution in [2.75, 3.05) is 12.3 Å². The Hall–Kier alpha value is -1.82. The number of fused-ring (bicyclic) bond motifs is 1. The molecule has 1 saturated heterocycles. The van der Waals surface area contributed by atoms with Crippen LogP contribution in [-0.2, 0) is 4.79 Å². The van der Waals surface area contributed by atoms with Crippen LogP contribution in [0.25, 0.3) is 5.69 Å². The molecule has 2 atom stereocenters. The average Bonchev–Trinajstić information content (AvgIpc) is 3.07. The third-order valence-electron chi connectivity index (χ3n) is 6.29. The Kier molecular flexibility index (Phi) is 5.76. The number of aromatic nitrogens is 3. The molecule has 1 amide bonds. The number of thioether (sulfide) groups is 1. The number of carbonyl (C=O) groups is 1. The third-order valence-corrected chi connectivity index (χ3v) is 7.20. The zero-order valence-electron chi connectivity index (χ0n) is 17.1. The summed E-state index contributed by atoms with van der Waals surface area (Å²) in [5, 5.41) is 9.46. The van der Waals surface area contributed by atoms with E-state index in [1.807, 2.05) is 6.92 Å². The summed E-state index contributed by atoms with van der Waals surface area (Å²) in [5.74, 6) is 2.27. The molecule has 2 fully saturated rings. The summed E-state index contributed by atoms with van der Waals surface area (Å²) in [7, 11) is 0. The van der Waals surface area contributed by atoms with Crippen molar-refractivity contribution in [1.29, 1.82) is 0 Å². The maximum atomic E-state index is 13.0. The fourth-order valence-corrected chi connectivity index (χ4v) is 5.69. The minimum Gasteiger partial charge on any atom is -0.339 e. The number of rotatable bonds is 4. The van der Waals surface area contributed by atoms with Gasteiger partial charge in [-0.1, -0.05) is 36.7 Å².